The van der Waals surface area contributed by atoms with E-state index in [1.54, 1.807) is 42.7 Å². The van der Waals surface area contributed by atoms with E-state index in [-0.39, 0.29) is 11.0 Å². The number of carbonyl (C=O) groups is 1. The maximum Gasteiger partial charge on any atom is 0.191 e. The van der Waals surface area contributed by atoms with E-state index in [4.69, 9.17) is 4.74 Å². The van der Waals surface area contributed by atoms with Crippen LogP contribution < -0.4 is 4.74 Å². The molecule has 25 heavy (non-hydrogen) atoms. The molecular weight excluding hydrogens is 354 g/mol. The molecule has 7 heteroatoms. The van der Waals surface area contributed by atoms with Gasteiger partial charge in [-0.1, -0.05) is 17.8 Å². The normalized spacial score (nSPS) is 12.1. The predicted octanol–water partition coefficient (Wildman–Crippen LogP) is 3.84. The Morgan fingerprint density at radius 2 is 2.04 bits per heavy atom. The summed E-state index contributed by atoms with van der Waals surface area (Å²) >= 11 is 3.13. The number of rotatable bonds is 7. The van der Waals surface area contributed by atoms with Crippen molar-refractivity contribution in [3.63, 3.8) is 0 Å². The monoisotopic (exact) mass is 373 g/mol. The average molecular weight is 374 g/mol. The fraction of sp³-hybridized carbons (Fsp3) is 0.278. The van der Waals surface area contributed by atoms with Crippen LogP contribution in [0.5, 0.6) is 5.75 Å². The fourth-order valence-electron chi connectivity index (χ4n) is 2.37. The fourth-order valence-corrected chi connectivity index (χ4v) is 3.98. The third-order valence-corrected chi connectivity index (χ3v) is 5.87. The van der Waals surface area contributed by atoms with Crippen molar-refractivity contribution in [1.29, 1.82) is 0 Å². The van der Waals surface area contributed by atoms with Crippen molar-refractivity contribution in [2.45, 2.75) is 23.8 Å². The first-order valence-electron chi connectivity index (χ1n) is 7.84. The number of Topliss-reactive ketones (excluding diaryl/α,β-unsaturated/α-hetero) is 1. The number of aromatic nitrogens is 3. The standard InChI is InChI=1S/C18H19N3O2S2/c1-12(17(22)13-6-8-14(23-3)9-7-13)25-18-20-19-16(21(18)2)11-15-5-4-10-24-15/h4-10,12H,11H2,1-3H3. The van der Waals surface area contributed by atoms with Crippen LogP contribution in [0, 0.1) is 0 Å². The molecule has 5 nitrogen and oxygen atoms in total. The van der Waals surface area contributed by atoms with Crippen LogP contribution in [0.25, 0.3) is 0 Å². The van der Waals surface area contributed by atoms with Crippen LogP contribution in [0.4, 0.5) is 0 Å². The molecule has 0 saturated carbocycles. The lowest BCUT2D eigenvalue weighted by Gasteiger charge is -2.10. The van der Waals surface area contributed by atoms with Gasteiger partial charge < -0.3 is 9.30 Å². The number of methoxy groups -OCH3 is 1. The average Bonchev–Trinajstić information content (AvgIpc) is 3.26. The zero-order chi connectivity index (χ0) is 17.8. The second-order valence-electron chi connectivity index (χ2n) is 5.57. The van der Waals surface area contributed by atoms with Gasteiger partial charge in [-0.15, -0.1) is 21.5 Å². The van der Waals surface area contributed by atoms with Crippen molar-refractivity contribution in [2.24, 2.45) is 7.05 Å². The maximum atomic E-state index is 12.6. The second-order valence-corrected chi connectivity index (χ2v) is 7.91. The maximum absolute atomic E-state index is 12.6. The molecule has 0 aliphatic heterocycles. The molecule has 0 fully saturated rings. The van der Waals surface area contributed by atoms with Crippen molar-refractivity contribution < 1.29 is 9.53 Å². The van der Waals surface area contributed by atoms with Gasteiger partial charge >= 0.3 is 0 Å². The van der Waals surface area contributed by atoms with Crippen LogP contribution in [0.1, 0.15) is 28.0 Å². The SMILES string of the molecule is COc1ccc(C(=O)C(C)Sc2nnc(Cc3cccs3)n2C)cc1. The molecule has 3 rings (SSSR count). The highest BCUT2D eigenvalue weighted by atomic mass is 32.2. The van der Waals surface area contributed by atoms with Crippen LogP contribution >= 0.6 is 23.1 Å². The van der Waals surface area contributed by atoms with E-state index in [2.05, 4.69) is 21.6 Å². The van der Waals surface area contributed by atoms with E-state index >= 15 is 0 Å². The number of thiophene rings is 1. The Kier molecular flexibility index (Phi) is 5.55. The summed E-state index contributed by atoms with van der Waals surface area (Å²) in [7, 11) is 3.55. The van der Waals surface area contributed by atoms with E-state index in [0.29, 0.717) is 5.56 Å². The highest BCUT2D eigenvalue weighted by Gasteiger charge is 2.20. The highest BCUT2D eigenvalue weighted by molar-refractivity contribution is 8.00. The summed E-state index contributed by atoms with van der Waals surface area (Å²) < 4.78 is 7.09. The lowest BCUT2D eigenvalue weighted by molar-refractivity contribution is 0.0994. The Hall–Kier alpha value is -2.12. The summed E-state index contributed by atoms with van der Waals surface area (Å²) in [5.74, 6) is 1.70. The van der Waals surface area contributed by atoms with E-state index in [1.165, 1.54) is 16.6 Å². The van der Waals surface area contributed by atoms with Gasteiger partial charge in [0.25, 0.3) is 0 Å². The van der Waals surface area contributed by atoms with Gasteiger partial charge in [-0.25, -0.2) is 0 Å². The summed E-state index contributed by atoms with van der Waals surface area (Å²) in [4.78, 5) is 13.9. The van der Waals surface area contributed by atoms with Crippen molar-refractivity contribution in [1.82, 2.24) is 14.8 Å². The lowest BCUT2D eigenvalue weighted by Crippen LogP contribution is -2.14. The van der Waals surface area contributed by atoms with Crippen LogP contribution in [0.3, 0.4) is 0 Å². The van der Waals surface area contributed by atoms with Gasteiger partial charge in [-0.2, -0.15) is 0 Å². The van der Waals surface area contributed by atoms with Crippen molar-refractivity contribution in [2.75, 3.05) is 7.11 Å². The number of thioether (sulfide) groups is 1. The third-order valence-electron chi connectivity index (χ3n) is 3.86. The summed E-state index contributed by atoms with van der Waals surface area (Å²) in [5, 5.41) is 11.1. The molecule has 130 valence electrons. The first-order valence-corrected chi connectivity index (χ1v) is 9.60. The number of ether oxygens (including phenoxy) is 1. The van der Waals surface area contributed by atoms with E-state index < -0.39 is 0 Å². The predicted molar refractivity (Wildman–Crippen MR) is 101 cm³/mol. The van der Waals surface area contributed by atoms with Crippen molar-refractivity contribution in [3.8, 4) is 5.75 Å². The molecule has 0 N–H and O–H groups in total. The van der Waals surface area contributed by atoms with Gasteiger partial charge in [0.2, 0.25) is 0 Å². The van der Waals surface area contributed by atoms with Gasteiger partial charge in [-0.3, -0.25) is 4.79 Å². The van der Waals surface area contributed by atoms with E-state index in [0.717, 1.165) is 23.2 Å². The van der Waals surface area contributed by atoms with Crippen molar-refractivity contribution in [3.05, 3.63) is 58.0 Å². The Bertz CT molecular complexity index is 842. The Labute approximate surface area is 155 Å². The van der Waals surface area contributed by atoms with Crippen molar-refractivity contribution >= 4 is 28.9 Å². The molecule has 3 aromatic rings. The molecule has 0 amide bonds. The molecule has 1 aromatic carbocycles. The van der Waals surface area contributed by atoms with Gasteiger partial charge in [0, 0.05) is 23.9 Å². The summed E-state index contributed by atoms with van der Waals surface area (Å²) in [6.07, 6.45) is 0.753. The molecule has 2 heterocycles. The zero-order valence-electron chi connectivity index (χ0n) is 14.3. The Morgan fingerprint density at radius 1 is 1.28 bits per heavy atom. The molecule has 0 radical (unpaired) electrons. The Balaban J connectivity index is 1.68. The molecule has 0 spiro atoms. The minimum absolute atomic E-state index is 0.0652. The number of benzene rings is 1. The minimum atomic E-state index is -0.245. The molecular formula is C18H19N3O2S2. The largest absolute Gasteiger partial charge is 0.497 e. The van der Waals surface area contributed by atoms with Crippen LogP contribution in [-0.4, -0.2) is 32.9 Å². The minimum Gasteiger partial charge on any atom is -0.497 e. The molecule has 0 aliphatic carbocycles. The number of carbonyl (C=O) groups excluding carboxylic acids is 1. The lowest BCUT2D eigenvalue weighted by atomic mass is 10.1. The van der Waals surface area contributed by atoms with Crippen LogP contribution in [0.15, 0.2) is 46.9 Å². The summed E-state index contributed by atoms with van der Waals surface area (Å²) in [5.41, 5.74) is 0.668. The van der Waals surface area contributed by atoms with Crippen LogP contribution in [-0.2, 0) is 13.5 Å². The van der Waals surface area contributed by atoms with Gasteiger partial charge in [0.1, 0.15) is 11.6 Å². The van der Waals surface area contributed by atoms with Crippen LogP contribution in [0.2, 0.25) is 0 Å². The van der Waals surface area contributed by atoms with Gasteiger partial charge in [0.15, 0.2) is 10.9 Å². The van der Waals surface area contributed by atoms with E-state index in [9.17, 15) is 4.79 Å². The summed E-state index contributed by atoms with van der Waals surface area (Å²) in [6.45, 7) is 1.89. The molecule has 1 atom stereocenters. The summed E-state index contributed by atoms with van der Waals surface area (Å²) in [6, 6.07) is 11.3. The molecule has 1 unspecified atom stereocenters. The van der Waals surface area contributed by atoms with E-state index in [1.807, 2.05) is 24.6 Å². The Morgan fingerprint density at radius 3 is 2.68 bits per heavy atom. The quantitative estimate of drug-likeness (QED) is 0.465. The molecule has 0 aliphatic rings. The first-order chi connectivity index (χ1) is 12.1. The number of hydrogen-bond acceptors (Lipinski definition) is 6. The smallest absolute Gasteiger partial charge is 0.191 e. The topological polar surface area (TPSA) is 57.0 Å². The van der Waals surface area contributed by atoms with Gasteiger partial charge in [-0.05, 0) is 42.6 Å². The number of nitrogens with zero attached hydrogens (tertiary/aromatic N) is 3. The number of ketones is 1. The zero-order valence-corrected chi connectivity index (χ0v) is 15.9. The number of hydrogen-bond donors (Lipinski definition) is 0. The second kappa shape index (κ2) is 7.84. The molecule has 0 saturated heterocycles. The highest BCUT2D eigenvalue weighted by Crippen LogP contribution is 2.26. The molecule has 2 aromatic heterocycles. The third kappa shape index (κ3) is 4.11. The first kappa shape index (κ1) is 17.7. The molecule has 0 bridgehead atoms. The van der Waals surface area contributed by atoms with Gasteiger partial charge in [0.05, 0.1) is 12.4 Å².